The van der Waals surface area contributed by atoms with Crippen LogP contribution >= 0.6 is 0 Å². The first-order valence-electron chi connectivity index (χ1n) is 9.52. The fraction of sp³-hybridized carbons (Fsp3) is 0.444. The molecule has 0 spiro atoms. The van der Waals surface area contributed by atoms with Crippen molar-refractivity contribution in [3.8, 4) is 0 Å². The van der Waals surface area contributed by atoms with Gasteiger partial charge in [-0.3, -0.25) is 20.2 Å². The van der Waals surface area contributed by atoms with E-state index in [0.29, 0.717) is 0 Å². The molecule has 0 unspecified atom stereocenters. The maximum absolute atomic E-state index is 13.0. The van der Waals surface area contributed by atoms with E-state index in [1.165, 1.54) is 12.1 Å². The summed E-state index contributed by atoms with van der Waals surface area (Å²) in [4.78, 5) is 47.9. The summed E-state index contributed by atoms with van der Waals surface area (Å²) < 4.78 is 27.7. The Hall–Kier alpha value is -3.35. The van der Waals surface area contributed by atoms with Crippen molar-refractivity contribution < 1.29 is 27.6 Å². The van der Waals surface area contributed by atoms with Gasteiger partial charge in [-0.1, -0.05) is 12.1 Å². The van der Waals surface area contributed by atoms with Gasteiger partial charge in [0.25, 0.3) is 0 Å². The molecule has 1 aromatic rings. The number of rotatable bonds is 6. The van der Waals surface area contributed by atoms with Crippen LogP contribution in [-0.2, 0) is 19.8 Å². The summed E-state index contributed by atoms with van der Waals surface area (Å²) in [5.41, 5.74) is 0.336. The Morgan fingerprint density at radius 1 is 0.774 bits per heavy atom. The largest absolute Gasteiger partial charge is 0.336 e. The molecule has 1 aliphatic heterocycles. The Kier molecular flexibility index (Phi) is 7.44. The summed E-state index contributed by atoms with van der Waals surface area (Å²) in [5.74, 6) is -1.70. The number of fused-ring (bicyclic) bond motifs is 1. The van der Waals surface area contributed by atoms with Gasteiger partial charge in [-0.2, -0.15) is 8.42 Å². The molecule has 170 valence electrons. The Bertz CT molecular complexity index is 907. The molecule has 1 aliphatic rings. The molecule has 0 fully saturated rings. The third-order valence-corrected chi connectivity index (χ3v) is 5.66. The topological polar surface area (TPSA) is 157 Å². The number of imide groups is 2. The molecule has 2 rings (SSSR count). The number of carbonyl (C=O) groups is 4. The van der Waals surface area contributed by atoms with Crippen LogP contribution in [0.2, 0.25) is 0 Å². The van der Waals surface area contributed by atoms with Gasteiger partial charge in [0.05, 0.1) is 11.4 Å². The van der Waals surface area contributed by atoms with Crippen molar-refractivity contribution in [3.63, 3.8) is 0 Å². The molecule has 1 aromatic carbocycles. The maximum Gasteiger partial charge on any atom is 0.327 e. The molecule has 31 heavy (non-hydrogen) atoms. The smallest absolute Gasteiger partial charge is 0.327 e. The van der Waals surface area contributed by atoms with E-state index in [2.05, 4.69) is 21.3 Å². The summed E-state index contributed by atoms with van der Waals surface area (Å²) in [7, 11) is -4.31. The maximum atomic E-state index is 13.0. The average Bonchev–Trinajstić information content (AvgIpc) is 2.81. The van der Waals surface area contributed by atoms with Crippen molar-refractivity contribution in [1.29, 1.82) is 0 Å². The average molecular weight is 455 g/mol. The summed E-state index contributed by atoms with van der Waals surface area (Å²) in [6, 6.07) is 4.15. The summed E-state index contributed by atoms with van der Waals surface area (Å²) in [6.45, 7) is 5.48. The van der Waals surface area contributed by atoms with Crippen LogP contribution in [0.5, 0.6) is 0 Å². The van der Waals surface area contributed by atoms with E-state index in [0.717, 1.165) is 8.61 Å². The number of urea groups is 2. The van der Waals surface area contributed by atoms with Crippen molar-refractivity contribution in [2.45, 2.75) is 39.8 Å². The fourth-order valence-electron chi connectivity index (χ4n) is 2.78. The zero-order chi connectivity index (χ0) is 23.3. The number of nitrogens with one attached hydrogen (secondary N) is 4. The van der Waals surface area contributed by atoms with Crippen LogP contribution in [0.3, 0.4) is 0 Å². The highest BCUT2D eigenvalue weighted by Gasteiger charge is 2.42. The van der Waals surface area contributed by atoms with Gasteiger partial charge in [0.15, 0.2) is 0 Å². The monoisotopic (exact) mass is 454 g/mol. The lowest BCUT2D eigenvalue weighted by atomic mass is 10.2. The van der Waals surface area contributed by atoms with Gasteiger partial charge in [-0.05, 0) is 39.8 Å². The normalized spacial score (nSPS) is 14.3. The predicted octanol–water partition coefficient (Wildman–Crippen LogP) is 0.0262. The minimum atomic E-state index is -4.31. The lowest BCUT2D eigenvalue weighted by Crippen LogP contribution is -2.50. The van der Waals surface area contributed by atoms with Crippen LogP contribution in [0, 0.1) is 0 Å². The first-order valence-corrected chi connectivity index (χ1v) is 10.9. The summed E-state index contributed by atoms with van der Waals surface area (Å²) in [6.07, 6.45) is 0. The van der Waals surface area contributed by atoms with Crippen molar-refractivity contribution >= 4 is 45.5 Å². The number of carbonyl (C=O) groups excluding carboxylic acids is 4. The van der Waals surface area contributed by atoms with Gasteiger partial charge in [0, 0.05) is 12.1 Å². The van der Waals surface area contributed by atoms with Crippen LogP contribution in [-0.4, -0.2) is 57.5 Å². The quantitative estimate of drug-likeness (QED) is 0.475. The Balaban J connectivity index is 2.18. The number of anilines is 2. The lowest BCUT2D eigenvalue weighted by molar-refractivity contribution is -0.119. The molecule has 4 N–H and O–H groups in total. The fourth-order valence-corrected chi connectivity index (χ4v) is 4.38. The molecule has 0 atom stereocenters. The van der Waals surface area contributed by atoms with Crippen molar-refractivity contribution in [1.82, 2.24) is 21.3 Å². The van der Waals surface area contributed by atoms with Gasteiger partial charge >= 0.3 is 22.3 Å². The molecule has 0 bridgehead atoms. The molecule has 12 nitrogen and oxygen atoms in total. The van der Waals surface area contributed by atoms with E-state index in [9.17, 15) is 27.6 Å². The predicted molar refractivity (Wildman–Crippen MR) is 114 cm³/mol. The molecule has 0 aliphatic carbocycles. The number of hydrogen-bond donors (Lipinski definition) is 4. The highest BCUT2D eigenvalue weighted by molar-refractivity contribution is 7.94. The molecule has 13 heteroatoms. The number of amides is 6. The van der Waals surface area contributed by atoms with Gasteiger partial charge in [-0.25, -0.2) is 18.2 Å². The molecular formula is C18H26N6O6S. The van der Waals surface area contributed by atoms with E-state index in [-0.39, 0.29) is 23.5 Å². The second kappa shape index (κ2) is 9.64. The molecule has 6 amide bonds. The second-order valence-corrected chi connectivity index (χ2v) is 9.14. The lowest BCUT2D eigenvalue weighted by Gasteiger charge is -2.21. The van der Waals surface area contributed by atoms with E-state index in [1.54, 1.807) is 39.8 Å². The molecule has 0 saturated carbocycles. The van der Waals surface area contributed by atoms with Crippen LogP contribution in [0.25, 0.3) is 0 Å². The molecular weight excluding hydrogens is 428 g/mol. The first kappa shape index (κ1) is 23.9. The van der Waals surface area contributed by atoms with Crippen LogP contribution in [0.4, 0.5) is 21.0 Å². The summed E-state index contributed by atoms with van der Waals surface area (Å²) >= 11 is 0. The Morgan fingerprint density at radius 3 is 1.45 bits per heavy atom. The first-order chi connectivity index (χ1) is 14.4. The van der Waals surface area contributed by atoms with Crippen LogP contribution in [0.1, 0.15) is 27.7 Å². The number of nitrogens with zero attached hydrogens (tertiary/aromatic N) is 2. The van der Waals surface area contributed by atoms with E-state index in [1.807, 2.05) is 0 Å². The standard InChI is InChI=1S/C18H26N6O6S/c1-11(2)19-17(27)21-15(25)9-23-13-7-5-6-8-14(13)24(31(23,29)30)10-16(26)22-18(28)20-12(3)4/h5-8,11-12H,9-10H2,1-4H3,(H2,19,21,25,27)(H2,20,22,26,28). The minimum Gasteiger partial charge on any atom is -0.336 e. The van der Waals surface area contributed by atoms with Crippen molar-refractivity contribution in [3.05, 3.63) is 24.3 Å². The van der Waals surface area contributed by atoms with Gasteiger partial charge in [-0.15, -0.1) is 0 Å². The molecule has 1 heterocycles. The summed E-state index contributed by atoms with van der Waals surface area (Å²) in [5, 5.41) is 9.05. The number of para-hydroxylation sites is 2. The van der Waals surface area contributed by atoms with Crippen LogP contribution in [0.15, 0.2) is 24.3 Å². The Morgan fingerprint density at radius 2 is 1.13 bits per heavy atom. The Labute approximate surface area is 180 Å². The minimum absolute atomic E-state index is 0.168. The van der Waals surface area contributed by atoms with Crippen molar-refractivity contribution in [2.24, 2.45) is 0 Å². The number of benzene rings is 1. The SMILES string of the molecule is CC(C)NC(=O)NC(=O)CN1c2ccccc2N(CC(=O)NC(=O)NC(C)C)S1(=O)=O. The highest BCUT2D eigenvalue weighted by Crippen LogP contribution is 2.40. The zero-order valence-corrected chi connectivity index (χ0v) is 18.4. The zero-order valence-electron chi connectivity index (χ0n) is 17.6. The van der Waals surface area contributed by atoms with Crippen molar-refractivity contribution in [2.75, 3.05) is 21.7 Å². The van der Waals surface area contributed by atoms with E-state index in [4.69, 9.17) is 0 Å². The highest BCUT2D eigenvalue weighted by atomic mass is 32.2. The third kappa shape index (κ3) is 6.07. The van der Waals surface area contributed by atoms with Gasteiger partial charge in [0.2, 0.25) is 11.8 Å². The van der Waals surface area contributed by atoms with Gasteiger partial charge in [0.1, 0.15) is 13.1 Å². The third-order valence-electron chi connectivity index (χ3n) is 3.90. The molecule has 0 radical (unpaired) electrons. The van der Waals surface area contributed by atoms with E-state index >= 15 is 0 Å². The second-order valence-electron chi connectivity index (χ2n) is 7.36. The number of hydrogen-bond acceptors (Lipinski definition) is 6. The van der Waals surface area contributed by atoms with Crippen LogP contribution < -0.4 is 29.9 Å². The van der Waals surface area contributed by atoms with Gasteiger partial charge < -0.3 is 10.6 Å². The van der Waals surface area contributed by atoms with E-state index < -0.39 is 47.2 Å². The molecule has 0 saturated heterocycles. The molecule has 0 aromatic heterocycles.